The lowest BCUT2D eigenvalue weighted by atomic mass is 9.95. The van der Waals surface area contributed by atoms with Crippen LogP contribution in [0.15, 0.2) is 65.6 Å². The SMILES string of the molecule is COc1ccc(C2/C(=C(\O)c3cc(OC)ccc3Cl)C(=O)C(=O)N2Cc2cccs2)cc1. The summed E-state index contributed by atoms with van der Waals surface area (Å²) in [5.41, 5.74) is 0.868. The van der Waals surface area contributed by atoms with Crippen molar-refractivity contribution in [2.45, 2.75) is 12.6 Å². The van der Waals surface area contributed by atoms with Crippen LogP contribution in [0.1, 0.15) is 22.0 Å². The number of aliphatic hydroxyl groups is 1. The third-order valence-electron chi connectivity index (χ3n) is 5.31. The molecule has 6 nitrogen and oxygen atoms in total. The van der Waals surface area contributed by atoms with Gasteiger partial charge in [0.25, 0.3) is 11.7 Å². The molecule has 3 aromatic rings. The number of hydrogen-bond acceptors (Lipinski definition) is 6. The van der Waals surface area contributed by atoms with Gasteiger partial charge in [-0.05, 0) is 47.3 Å². The van der Waals surface area contributed by atoms with Gasteiger partial charge in [0.2, 0.25) is 0 Å². The number of rotatable bonds is 6. The van der Waals surface area contributed by atoms with E-state index in [1.54, 1.807) is 43.5 Å². The predicted molar refractivity (Wildman–Crippen MR) is 123 cm³/mol. The first-order valence-corrected chi connectivity index (χ1v) is 11.0. The van der Waals surface area contributed by atoms with Crippen LogP contribution in [0.5, 0.6) is 11.5 Å². The van der Waals surface area contributed by atoms with Crippen LogP contribution in [0.25, 0.3) is 5.76 Å². The van der Waals surface area contributed by atoms with Gasteiger partial charge in [0.15, 0.2) is 0 Å². The molecule has 1 N–H and O–H groups in total. The fourth-order valence-electron chi connectivity index (χ4n) is 3.70. The van der Waals surface area contributed by atoms with Crippen LogP contribution in [-0.4, -0.2) is 35.9 Å². The maximum absolute atomic E-state index is 13.1. The van der Waals surface area contributed by atoms with Crippen LogP contribution in [0.3, 0.4) is 0 Å². The second-order valence-corrected chi connectivity index (χ2v) is 8.56. The first kappa shape index (κ1) is 21.9. The average molecular weight is 470 g/mol. The fourth-order valence-corrected chi connectivity index (χ4v) is 4.61. The number of methoxy groups -OCH3 is 2. The summed E-state index contributed by atoms with van der Waals surface area (Å²) in [5.74, 6) is -0.690. The lowest BCUT2D eigenvalue weighted by molar-refractivity contribution is -0.140. The van der Waals surface area contributed by atoms with Gasteiger partial charge in [-0.3, -0.25) is 9.59 Å². The Bertz CT molecular complexity index is 1190. The number of carbonyl (C=O) groups excluding carboxylic acids is 2. The quantitative estimate of drug-likeness (QED) is 0.311. The summed E-state index contributed by atoms with van der Waals surface area (Å²) in [7, 11) is 3.05. The Morgan fingerprint density at radius 2 is 1.75 bits per heavy atom. The lowest BCUT2D eigenvalue weighted by Gasteiger charge is -2.25. The van der Waals surface area contributed by atoms with Crippen LogP contribution < -0.4 is 9.47 Å². The summed E-state index contributed by atoms with van der Waals surface area (Å²) in [4.78, 5) is 28.6. The van der Waals surface area contributed by atoms with E-state index in [9.17, 15) is 14.7 Å². The zero-order valence-corrected chi connectivity index (χ0v) is 18.9. The van der Waals surface area contributed by atoms with Gasteiger partial charge in [-0.25, -0.2) is 0 Å². The maximum Gasteiger partial charge on any atom is 0.295 e. The number of halogens is 1. The van der Waals surface area contributed by atoms with Crippen LogP contribution in [0, 0.1) is 0 Å². The topological polar surface area (TPSA) is 76.1 Å². The first-order valence-electron chi connectivity index (χ1n) is 9.73. The highest BCUT2D eigenvalue weighted by Crippen LogP contribution is 2.42. The molecular formula is C24H20ClNO5S. The highest BCUT2D eigenvalue weighted by Gasteiger charge is 2.46. The molecule has 1 amide bonds. The standard InChI is InChI=1S/C24H20ClNO5S/c1-30-15-7-5-14(6-8-15)21-20(22(27)18-12-16(31-2)9-10-19(18)25)23(28)24(29)26(21)13-17-4-3-11-32-17/h3-12,21,27H,13H2,1-2H3/b22-20+. The van der Waals surface area contributed by atoms with Crippen molar-refractivity contribution in [2.24, 2.45) is 0 Å². The smallest absolute Gasteiger partial charge is 0.295 e. The van der Waals surface area contributed by atoms with E-state index in [-0.39, 0.29) is 28.5 Å². The zero-order chi connectivity index (χ0) is 22.8. The maximum atomic E-state index is 13.1. The molecule has 164 valence electrons. The molecule has 1 fully saturated rings. The molecule has 1 aliphatic heterocycles. The van der Waals surface area contributed by atoms with Crippen molar-refractivity contribution < 1.29 is 24.2 Å². The molecule has 2 heterocycles. The zero-order valence-electron chi connectivity index (χ0n) is 17.4. The highest BCUT2D eigenvalue weighted by molar-refractivity contribution is 7.09. The molecule has 0 spiro atoms. The molecule has 0 saturated carbocycles. The molecule has 0 bridgehead atoms. The van der Waals surface area contributed by atoms with Gasteiger partial charge in [0.05, 0.1) is 37.4 Å². The summed E-state index contributed by atoms with van der Waals surface area (Å²) >= 11 is 7.81. The number of aliphatic hydroxyl groups excluding tert-OH is 1. The van der Waals surface area contributed by atoms with Gasteiger partial charge in [0, 0.05) is 10.4 Å². The molecule has 1 atom stereocenters. The predicted octanol–water partition coefficient (Wildman–Crippen LogP) is 5.04. The number of hydrogen-bond donors (Lipinski definition) is 1. The largest absolute Gasteiger partial charge is 0.507 e. The van der Waals surface area contributed by atoms with E-state index in [4.69, 9.17) is 21.1 Å². The molecule has 1 aromatic heterocycles. The average Bonchev–Trinajstić information content (AvgIpc) is 3.41. The van der Waals surface area contributed by atoms with Crippen molar-refractivity contribution in [2.75, 3.05) is 14.2 Å². The molecule has 1 aliphatic rings. The van der Waals surface area contributed by atoms with Crippen molar-refractivity contribution in [3.8, 4) is 11.5 Å². The van der Waals surface area contributed by atoms with E-state index in [2.05, 4.69) is 0 Å². The Morgan fingerprint density at radius 3 is 2.38 bits per heavy atom. The van der Waals surface area contributed by atoms with E-state index in [1.807, 2.05) is 17.5 Å². The molecule has 1 unspecified atom stereocenters. The minimum absolute atomic E-state index is 0.0214. The Labute approximate surface area is 194 Å². The number of amides is 1. The second-order valence-electron chi connectivity index (χ2n) is 7.13. The Morgan fingerprint density at radius 1 is 1.06 bits per heavy atom. The van der Waals surface area contributed by atoms with E-state index in [1.165, 1.54) is 29.4 Å². The van der Waals surface area contributed by atoms with E-state index in [0.29, 0.717) is 17.1 Å². The number of thiophene rings is 1. The third kappa shape index (κ3) is 3.97. The first-order chi connectivity index (χ1) is 15.4. The normalized spacial score (nSPS) is 17.6. The molecule has 8 heteroatoms. The minimum Gasteiger partial charge on any atom is -0.507 e. The van der Waals surface area contributed by atoms with Crippen molar-refractivity contribution >= 4 is 40.4 Å². The van der Waals surface area contributed by atoms with Gasteiger partial charge >= 0.3 is 0 Å². The third-order valence-corrected chi connectivity index (χ3v) is 6.50. The van der Waals surface area contributed by atoms with Crippen molar-refractivity contribution in [3.05, 3.63) is 86.6 Å². The molecule has 0 radical (unpaired) electrons. The van der Waals surface area contributed by atoms with Crippen LogP contribution in [-0.2, 0) is 16.1 Å². The molecular weight excluding hydrogens is 450 g/mol. The molecule has 4 rings (SSSR count). The summed E-state index contributed by atoms with van der Waals surface area (Å²) in [6, 6.07) is 14.8. The summed E-state index contributed by atoms with van der Waals surface area (Å²) in [5, 5.41) is 13.3. The number of ketones is 1. The van der Waals surface area contributed by atoms with Gasteiger partial charge in [-0.2, -0.15) is 0 Å². The number of ether oxygens (including phenoxy) is 2. The van der Waals surface area contributed by atoms with Crippen molar-refractivity contribution in [1.82, 2.24) is 4.90 Å². The van der Waals surface area contributed by atoms with E-state index < -0.39 is 17.7 Å². The molecule has 2 aromatic carbocycles. The Balaban J connectivity index is 1.89. The fraction of sp³-hybridized carbons (Fsp3) is 0.167. The van der Waals surface area contributed by atoms with Gasteiger partial charge in [-0.1, -0.05) is 29.8 Å². The van der Waals surface area contributed by atoms with Gasteiger partial charge < -0.3 is 19.5 Å². The van der Waals surface area contributed by atoms with Crippen molar-refractivity contribution in [3.63, 3.8) is 0 Å². The van der Waals surface area contributed by atoms with Crippen molar-refractivity contribution in [1.29, 1.82) is 0 Å². The highest BCUT2D eigenvalue weighted by atomic mass is 35.5. The van der Waals surface area contributed by atoms with Gasteiger partial charge in [0.1, 0.15) is 17.3 Å². The lowest BCUT2D eigenvalue weighted by Crippen LogP contribution is -2.28. The van der Waals surface area contributed by atoms with Gasteiger partial charge in [-0.15, -0.1) is 11.3 Å². The van der Waals surface area contributed by atoms with Crippen LogP contribution >= 0.6 is 22.9 Å². The number of likely N-dealkylation sites (tertiary alicyclic amines) is 1. The Kier molecular flexibility index (Phi) is 6.21. The summed E-state index contributed by atoms with van der Waals surface area (Å²) in [6.45, 7) is 0.238. The van der Waals surface area contributed by atoms with Crippen LogP contribution in [0.2, 0.25) is 5.02 Å². The molecule has 32 heavy (non-hydrogen) atoms. The number of nitrogens with zero attached hydrogens (tertiary/aromatic N) is 1. The molecule has 1 saturated heterocycles. The minimum atomic E-state index is -0.787. The van der Waals surface area contributed by atoms with E-state index in [0.717, 1.165) is 4.88 Å². The number of Topliss-reactive ketones (excluding diaryl/α,β-unsaturated/α-hetero) is 1. The number of benzene rings is 2. The van der Waals surface area contributed by atoms with Crippen LogP contribution in [0.4, 0.5) is 0 Å². The van der Waals surface area contributed by atoms with E-state index >= 15 is 0 Å². The second kappa shape index (κ2) is 9.06. The number of carbonyl (C=O) groups is 2. The summed E-state index contributed by atoms with van der Waals surface area (Å²) in [6.07, 6.45) is 0. The monoisotopic (exact) mass is 469 g/mol. The molecule has 0 aliphatic carbocycles. The summed E-state index contributed by atoms with van der Waals surface area (Å²) < 4.78 is 10.5. The Hall–Kier alpha value is -3.29.